The minimum absolute atomic E-state index is 0.209. The smallest absolute Gasteiger partial charge is 0.306 e. The number of carbonyl (C=O) groups is 2. The summed E-state index contributed by atoms with van der Waals surface area (Å²) in [5, 5.41) is 40.1. The van der Waals surface area contributed by atoms with E-state index in [1.54, 1.807) is 0 Å². The van der Waals surface area contributed by atoms with Gasteiger partial charge < -0.3 is 39.4 Å². The van der Waals surface area contributed by atoms with Crippen LogP contribution < -0.4 is 0 Å². The summed E-state index contributed by atoms with van der Waals surface area (Å²) in [5.74, 6) is -0.791. The van der Waals surface area contributed by atoms with E-state index in [0.29, 0.717) is 6.42 Å². The number of aliphatic hydroxyl groups excluding tert-OH is 4. The molecule has 0 bridgehead atoms. The molecule has 1 saturated heterocycles. The van der Waals surface area contributed by atoms with Crippen LogP contribution >= 0.6 is 0 Å². The number of ether oxygens (including phenoxy) is 4. The predicted octanol–water partition coefficient (Wildman–Crippen LogP) is 9.78. The highest BCUT2D eigenvalue weighted by molar-refractivity contribution is 5.70. The fourth-order valence-corrected chi connectivity index (χ4v) is 7.31. The lowest BCUT2D eigenvalue weighted by Gasteiger charge is -2.39. The second kappa shape index (κ2) is 37.0. The van der Waals surface area contributed by atoms with Crippen LogP contribution in [0.15, 0.2) is 0 Å². The Hall–Kier alpha value is -1.30. The first-order valence-electron chi connectivity index (χ1n) is 23.1. The number of carbonyl (C=O) groups excluding carboxylic acids is 2. The summed E-state index contributed by atoms with van der Waals surface area (Å²) in [6.45, 7) is 3.45. The summed E-state index contributed by atoms with van der Waals surface area (Å²) in [5.41, 5.74) is 0. The molecule has 10 heteroatoms. The van der Waals surface area contributed by atoms with Gasteiger partial charge in [-0.3, -0.25) is 9.59 Å². The Kier molecular flexibility index (Phi) is 34.8. The predicted molar refractivity (Wildman–Crippen MR) is 220 cm³/mol. The third-order valence-corrected chi connectivity index (χ3v) is 11.0. The van der Waals surface area contributed by atoms with Crippen molar-refractivity contribution >= 4 is 11.9 Å². The molecule has 0 amide bonds. The van der Waals surface area contributed by atoms with Gasteiger partial charge in [0.1, 0.15) is 31.0 Å². The van der Waals surface area contributed by atoms with Crippen molar-refractivity contribution in [2.75, 3.05) is 19.8 Å². The zero-order chi connectivity index (χ0) is 40.2. The number of hydrogen-bond donors (Lipinski definition) is 4. The first-order chi connectivity index (χ1) is 26.8. The molecule has 0 spiro atoms. The van der Waals surface area contributed by atoms with Crippen molar-refractivity contribution in [1.82, 2.24) is 0 Å². The summed E-state index contributed by atoms with van der Waals surface area (Å²) in [6.07, 6.45) is 29.6. The van der Waals surface area contributed by atoms with Gasteiger partial charge >= 0.3 is 11.9 Å². The molecule has 6 atom stereocenters. The van der Waals surface area contributed by atoms with E-state index in [9.17, 15) is 30.0 Å². The molecule has 1 rings (SSSR count). The van der Waals surface area contributed by atoms with Crippen molar-refractivity contribution in [2.45, 2.75) is 256 Å². The molecule has 1 fully saturated rings. The van der Waals surface area contributed by atoms with Crippen LogP contribution in [0.4, 0.5) is 0 Å². The maximum absolute atomic E-state index is 12.8. The molecule has 55 heavy (non-hydrogen) atoms. The first-order valence-corrected chi connectivity index (χ1v) is 23.1. The van der Waals surface area contributed by atoms with Crippen molar-refractivity contribution in [2.24, 2.45) is 0 Å². The van der Waals surface area contributed by atoms with Crippen molar-refractivity contribution < 1.29 is 49.0 Å². The molecule has 10 nitrogen and oxygen atoms in total. The fourth-order valence-electron chi connectivity index (χ4n) is 7.31. The minimum Gasteiger partial charge on any atom is -0.462 e. The maximum atomic E-state index is 12.8. The second-order valence-electron chi connectivity index (χ2n) is 16.2. The average molecular weight is 787 g/mol. The first kappa shape index (κ1) is 51.7. The van der Waals surface area contributed by atoms with Crippen molar-refractivity contribution in [3.05, 3.63) is 0 Å². The van der Waals surface area contributed by atoms with Gasteiger partial charge in [-0.2, -0.15) is 0 Å². The molecule has 0 saturated carbocycles. The van der Waals surface area contributed by atoms with Gasteiger partial charge in [0.05, 0.1) is 13.2 Å². The second-order valence-corrected chi connectivity index (χ2v) is 16.2. The van der Waals surface area contributed by atoms with Gasteiger partial charge in [-0.1, -0.05) is 194 Å². The van der Waals surface area contributed by atoms with E-state index < -0.39 is 49.4 Å². The molecule has 0 aromatic rings. The van der Waals surface area contributed by atoms with Gasteiger partial charge in [0.25, 0.3) is 0 Å². The number of hydrogen-bond acceptors (Lipinski definition) is 10. The van der Waals surface area contributed by atoms with Crippen LogP contribution in [0.5, 0.6) is 0 Å². The average Bonchev–Trinajstić information content (AvgIpc) is 3.18. The zero-order valence-electron chi connectivity index (χ0n) is 35.5. The molecule has 1 aliphatic rings. The molecule has 1 heterocycles. The molecular weight excluding hydrogens is 700 g/mol. The topological polar surface area (TPSA) is 152 Å². The quantitative estimate of drug-likeness (QED) is 0.0350. The Morgan fingerprint density at radius 3 is 1.24 bits per heavy atom. The van der Waals surface area contributed by atoms with Gasteiger partial charge in [0.15, 0.2) is 12.4 Å². The van der Waals surface area contributed by atoms with Crippen molar-refractivity contribution in [3.8, 4) is 0 Å². The van der Waals surface area contributed by atoms with E-state index in [0.717, 1.165) is 38.5 Å². The van der Waals surface area contributed by atoms with Gasteiger partial charge in [0, 0.05) is 12.8 Å². The van der Waals surface area contributed by atoms with E-state index in [1.165, 1.54) is 148 Å². The van der Waals surface area contributed by atoms with Gasteiger partial charge in [-0.05, 0) is 12.8 Å². The Labute approximate surface area is 336 Å². The molecular formula is C45H86O10. The molecule has 2 unspecified atom stereocenters. The SMILES string of the molecule is CCCCCCCCCCCCCCCCCCCC(=O)O[C@H](COC(=O)CCCCCCCCCCCCCCC)CO[C@@H]1O[C@H](CO)[C@H](O)C(O)C1O. The maximum Gasteiger partial charge on any atom is 0.306 e. The van der Waals surface area contributed by atoms with Crippen LogP contribution in [0.25, 0.3) is 0 Å². The van der Waals surface area contributed by atoms with E-state index in [2.05, 4.69) is 13.8 Å². The molecule has 0 aromatic carbocycles. The van der Waals surface area contributed by atoms with Crippen molar-refractivity contribution in [1.29, 1.82) is 0 Å². The monoisotopic (exact) mass is 787 g/mol. The third-order valence-electron chi connectivity index (χ3n) is 11.0. The Morgan fingerprint density at radius 1 is 0.491 bits per heavy atom. The minimum atomic E-state index is -1.59. The lowest BCUT2D eigenvalue weighted by Crippen LogP contribution is -2.59. The van der Waals surface area contributed by atoms with E-state index >= 15 is 0 Å². The lowest BCUT2D eigenvalue weighted by atomic mass is 9.99. The highest BCUT2D eigenvalue weighted by Gasteiger charge is 2.44. The van der Waals surface area contributed by atoms with Gasteiger partial charge in [0.2, 0.25) is 0 Å². The normalized spacial score (nSPS) is 20.4. The molecule has 0 radical (unpaired) electrons. The van der Waals surface area contributed by atoms with Gasteiger partial charge in [-0.15, -0.1) is 0 Å². The number of aliphatic hydroxyl groups is 4. The zero-order valence-corrected chi connectivity index (χ0v) is 35.5. The van der Waals surface area contributed by atoms with Gasteiger partial charge in [-0.25, -0.2) is 0 Å². The molecule has 0 aromatic heterocycles. The summed E-state index contributed by atoms with van der Waals surface area (Å²) < 4.78 is 22.2. The van der Waals surface area contributed by atoms with E-state index in [-0.39, 0.29) is 32.0 Å². The largest absolute Gasteiger partial charge is 0.462 e. The third kappa shape index (κ3) is 28.7. The number of esters is 2. The Bertz CT molecular complexity index is 871. The number of rotatable bonds is 39. The highest BCUT2D eigenvalue weighted by Crippen LogP contribution is 2.23. The van der Waals surface area contributed by atoms with Crippen LogP contribution in [0.3, 0.4) is 0 Å². The van der Waals surface area contributed by atoms with Crippen LogP contribution in [0.1, 0.15) is 219 Å². The Balaban J connectivity index is 2.29. The van der Waals surface area contributed by atoms with Crippen LogP contribution in [0.2, 0.25) is 0 Å². The molecule has 1 aliphatic heterocycles. The molecule has 4 N–H and O–H groups in total. The highest BCUT2D eigenvalue weighted by atomic mass is 16.7. The number of unbranched alkanes of at least 4 members (excludes halogenated alkanes) is 28. The van der Waals surface area contributed by atoms with Crippen LogP contribution in [0, 0.1) is 0 Å². The summed E-state index contributed by atoms with van der Waals surface area (Å²) >= 11 is 0. The molecule has 0 aliphatic carbocycles. The van der Waals surface area contributed by atoms with E-state index in [4.69, 9.17) is 18.9 Å². The lowest BCUT2D eigenvalue weighted by molar-refractivity contribution is -0.305. The molecule has 326 valence electrons. The summed E-state index contributed by atoms with van der Waals surface area (Å²) in [7, 11) is 0. The van der Waals surface area contributed by atoms with Crippen molar-refractivity contribution in [3.63, 3.8) is 0 Å². The van der Waals surface area contributed by atoms with Crippen LogP contribution in [-0.2, 0) is 28.5 Å². The summed E-state index contributed by atoms with van der Waals surface area (Å²) in [6, 6.07) is 0. The van der Waals surface area contributed by atoms with Crippen LogP contribution in [-0.4, -0.2) is 89.0 Å². The van der Waals surface area contributed by atoms with E-state index in [1.807, 2.05) is 0 Å². The Morgan fingerprint density at radius 2 is 0.855 bits per heavy atom. The fraction of sp³-hybridized carbons (Fsp3) is 0.956. The standard InChI is InChI=1S/C45H86O10/c1-3-5-7-9-11-13-15-17-18-19-20-22-24-26-28-30-32-34-41(48)54-38(37-53-45-44(51)43(50)42(49)39(35-46)55-45)36-52-40(47)33-31-29-27-25-23-21-16-14-12-10-8-6-4-2/h38-39,42-46,49-51H,3-37H2,1-2H3/t38-,39-,42+,43?,44?,45-/m1/s1. The summed E-state index contributed by atoms with van der Waals surface area (Å²) in [4.78, 5) is 25.3.